The predicted molar refractivity (Wildman–Crippen MR) is 79.4 cm³/mol. The Kier molecular flexibility index (Phi) is 4.28. The molecule has 1 saturated carbocycles. The molecular formula is C13H18ClN7. The van der Waals surface area contributed by atoms with E-state index in [0.717, 1.165) is 18.8 Å². The second kappa shape index (κ2) is 6.34. The van der Waals surface area contributed by atoms with Gasteiger partial charge < -0.3 is 5.32 Å². The lowest BCUT2D eigenvalue weighted by Gasteiger charge is -2.16. The van der Waals surface area contributed by atoms with Gasteiger partial charge in [-0.25, -0.2) is 4.98 Å². The number of hydrogen-bond acceptors (Lipinski definition) is 6. The highest BCUT2D eigenvalue weighted by Gasteiger charge is 2.17. The van der Waals surface area contributed by atoms with E-state index in [1.165, 1.54) is 36.6 Å². The van der Waals surface area contributed by atoms with Gasteiger partial charge in [0, 0.05) is 6.04 Å². The molecule has 2 atom stereocenters. The smallest absolute Gasteiger partial charge is 0.258 e. The quantitative estimate of drug-likeness (QED) is 0.877. The van der Waals surface area contributed by atoms with Crippen LogP contribution in [0.5, 0.6) is 0 Å². The number of nitrogens with zero attached hydrogens (tertiary/aromatic N) is 6. The summed E-state index contributed by atoms with van der Waals surface area (Å²) >= 11 is 5.98. The van der Waals surface area contributed by atoms with Crippen LogP contribution < -0.4 is 5.32 Å². The third-order valence-corrected chi connectivity index (χ3v) is 3.98. The summed E-state index contributed by atoms with van der Waals surface area (Å²) in [5, 5.41) is 7.54. The Balaban J connectivity index is 1.76. The van der Waals surface area contributed by atoms with Gasteiger partial charge in [0.25, 0.3) is 5.95 Å². The highest BCUT2D eigenvalue weighted by molar-refractivity contribution is 6.28. The molecule has 0 aliphatic heterocycles. The molecule has 1 N–H and O–H groups in total. The Hall–Kier alpha value is -1.76. The van der Waals surface area contributed by atoms with Gasteiger partial charge in [-0.05, 0) is 36.8 Å². The molecule has 2 aromatic rings. The topological polar surface area (TPSA) is 81.4 Å². The van der Waals surface area contributed by atoms with Crippen molar-refractivity contribution >= 4 is 17.5 Å². The van der Waals surface area contributed by atoms with Crippen molar-refractivity contribution in [3.05, 3.63) is 17.9 Å². The summed E-state index contributed by atoms with van der Waals surface area (Å²) in [6.07, 6.45) is 8.97. The van der Waals surface area contributed by atoms with Gasteiger partial charge in [-0.3, -0.25) is 0 Å². The van der Waals surface area contributed by atoms with Crippen LogP contribution in [0.2, 0.25) is 5.28 Å². The van der Waals surface area contributed by atoms with E-state index < -0.39 is 0 Å². The molecular weight excluding hydrogens is 290 g/mol. The molecule has 112 valence electrons. The van der Waals surface area contributed by atoms with Crippen molar-refractivity contribution in [1.29, 1.82) is 0 Å². The van der Waals surface area contributed by atoms with Gasteiger partial charge in [0.2, 0.25) is 11.2 Å². The van der Waals surface area contributed by atoms with Crippen molar-refractivity contribution in [3.8, 4) is 5.95 Å². The SMILES string of the molecule is CC1CCCC(Nc2nc(Cl)nc(-n3cncn3)n2)CC1. The van der Waals surface area contributed by atoms with Crippen LogP contribution >= 0.6 is 11.6 Å². The molecule has 0 aromatic carbocycles. The molecule has 0 bridgehead atoms. The lowest BCUT2D eigenvalue weighted by atomic mass is 10.0. The van der Waals surface area contributed by atoms with Crippen LogP contribution in [0.15, 0.2) is 12.7 Å². The zero-order valence-electron chi connectivity index (χ0n) is 11.9. The summed E-state index contributed by atoms with van der Waals surface area (Å²) in [5.41, 5.74) is 0. The average molecular weight is 308 g/mol. The summed E-state index contributed by atoms with van der Waals surface area (Å²) in [6, 6.07) is 0.386. The first-order valence-corrected chi connectivity index (χ1v) is 7.61. The van der Waals surface area contributed by atoms with Crippen molar-refractivity contribution in [1.82, 2.24) is 29.7 Å². The maximum Gasteiger partial charge on any atom is 0.258 e. The molecule has 0 saturated heterocycles. The Labute approximate surface area is 128 Å². The third-order valence-electron chi connectivity index (χ3n) is 3.81. The minimum Gasteiger partial charge on any atom is -0.351 e. The van der Waals surface area contributed by atoms with Crippen LogP contribution in [0.3, 0.4) is 0 Å². The second-order valence-corrected chi connectivity index (χ2v) is 5.86. The van der Waals surface area contributed by atoms with E-state index in [2.05, 4.69) is 37.3 Å². The van der Waals surface area contributed by atoms with Crippen LogP contribution in [0, 0.1) is 5.92 Å². The van der Waals surface area contributed by atoms with Gasteiger partial charge in [0.15, 0.2) is 0 Å². The highest BCUT2D eigenvalue weighted by atomic mass is 35.5. The molecule has 1 aliphatic carbocycles. The summed E-state index contributed by atoms with van der Waals surface area (Å²) in [4.78, 5) is 16.5. The first kappa shape index (κ1) is 14.2. The Morgan fingerprint density at radius 1 is 1.19 bits per heavy atom. The lowest BCUT2D eigenvalue weighted by Crippen LogP contribution is -2.21. The molecule has 1 aliphatic rings. The number of aromatic nitrogens is 6. The van der Waals surface area contributed by atoms with E-state index in [4.69, 9.17) is 11.6 Å². The summed E-state index contributed by atoms with van der Waals surface area (Å²) in [5.74, 6) is 1.67. The van der Waals surface area contributed by atoms with E-state index in [0.29, 0.717) is 17.9 Å². The normalized spacial score (nSPS) is 22.8. The summed E-state index contributed by atoms with van der Waals surface area (Å²) in [6.45, 7) is 2.31. The van der Waals surface area contributed by atoms with Crippen LogP contribution in [0.4, 0.5) is 5.95 Å². The molecule has 2 unspecified atom stereocenters. The van der Waals surface area contributed by atoms with Gasteiger partial charge in [0.05, 0.1) is 0 Å². The van der Waals surface area contributed by atoms with Crippen molar-refractivity contribution in [3.63, 3.8) is 0 Å². The van der Waals surface area contributed by atoms with Gasteiger partial charge >= 0.3 is 0 Å². The van der Waals surface area contributed by atoms with Crippen LogP contribution in [-0.2, 0) is 0 Å². The molecule has 0 amide bonds. The first-order chi connectivity index (χ1) is 10.2. The van der Waals surface area contributed by atoms with Gasteiger partial charge in [-0.15, -0.1) is 0 Å². The van der Waals surface area contributed by atoms with Crippen molar-refractivity contribution in [2.45, 2.75) is 45.1 Å². The second-order valence-electron chi connectivity index (χ2n) is 5.52. The van der Waals surface area contributed by atoms with E-state index >= 15 is 0 Å². The molecule has 0 radical (unpaired) electrons. The molecule has 2 heterocycles. The Morgan fingerprint density at radius 3 is 2.90 bits per heavy atom. The van der Waals surface area contributed by atoms with Gasteiger partial charge in [-0.2, -0.15) is 24.7 Å². The van der Waals surface area contributed by atoms with Crippen molar-refractivity contribution in [2.75, 3.05) is 5.32 Å². The number of anilines is 1. The maximum absolute atomic E-state index is 5.98. The van der Waals surface area contributed by atoms with Crippen LogP contribution in [-0.4, -0.2) is 35.8 Å². The molecule has 3 rings (SSSR count). The monoisotopic (exact) mass is 307 g/mol. The molecule has 7 nitrogen and oxygen atoms in total. The van der Waals surface area contributed by atoms with Crippen LogP contribution in [0.1, 0.15) is 39.0 Å². The van der Waals surface area contributed by atoms with Gasteiger partial charge in [-0.1, -0.05) is 19.8 Å². The van der Waals surface area contributed by atoms with Gasteiger partial charge in [0.1, 0.15) is 12.7 Å². The predicted octanol–water partition coefficient (Wildman–Crippen LogP) is 2.49. The zero-order valence-corrected chi connectivity index (χ0v) is 12.7. The molecule has 21 heavy (non-hydrogen) atoms. The van der Waals surface area contributed by atoms with E-state index in [9.17, 15) is 0 Å². The average Bonchev–Trinajstić information content (AvgIpc) is 2.91. The zero-order chi connectivity index (χ0) is 14.7. The Bertz CT molecular complexity index is 586. The van der Waals surface area contributed by atoms with Crippen molar-refractivity contribution < 1.29 is 0 Å². The number of nitrogens with one attached hydrogen (secondary N) is 1. The molecule has 2 aromatic heterocycles. The fraction of sp³-hybridized carbons (Fsp3) is 0.615. The highest BCUT2D eigenvalue weighted by Crippen LogP contribution is 2.24. The first-order valence-electron chi connectivity index (χ1n) is 7.24. The third kappa shape index (κ3) is 3.66. The number of rotatable bonds is 3. The fourth-order valence-electron chi connectivity index (χ4n) is 2.63. The number of hydrogen-bond donors (Lipinski definition) is 1. The maximum atomic E-state index is 5.98. The van der Waals surface area contributed by atoms with E-state index in [1.807, 2.05) is 0 Å². The largest absolute Gasteiger partial charge is 0.351 e. The Morgan fingerprint density at radius 2 is 2.10 bits per heavy atom. The minimum atomic E-state index is 0.153. The standard InChI is InChI=1S/C13H18ClN7/c1-9-3-2-4-10(6-5-9)17-12-18-11(14)19-13(20-12)21-8-15-7-16-21/h7-10H,2-6H2,1H3,(H,17,18,19,20). The summed E-state index contributed by atoms with van der Waals surface area (Å²) < 4.78 is 1.47. The van der Waals surface area contributed by atoms with E-state index in [-0.39, 0.29) is 5.28 Å². The summed E-state index contributed by atoms with van der Waals surface area (Å²) in [7, 11) is 0. The van der Waals surface area contributed by atoms with Crippen molar-refractivity contribution in [2.24, 2.45) is 5.92 Å². The molecule has 0 spiro atoms. The minimum absolute atomic E-state index is 0.153. The molecule has 8 heteroatoms. The van der Waals surface area contributed by atoms with E-state index in [1.54, 1.807) is 0 Å². The van der Waals surface area contributed by atoms with Crippen LogP contribution in [0.25, 0.3) is 5.95 Å². The molecule has 1 fully saturated rings. The number of halogens is 1. The fourth-order valence-corrected chi connectivity index (χ4v) is 2.79. The lowest BCUT2D eigenvalue weighted by molar-refractivity contribution is 0.501.